The SMILES string of the molecule is O[Si]C(Cc1ccccc1)(c1ccccc1)c1ccccc1. The fourth-order valence-electron chi connectivity index (χ4n) is 2.89. The molecule has 2 heteroatoms. The van der Waals surface area contributed by atoms with Crippen LogP contribution in [0.25, 0.3) is 0 Å². The summed E-state index contributed by atoms with van der Waals surface area (Å²) >= 11 is 0. The van der Waals surface area contributed by atoms with E-state index in [1.165, 1.54) is 5.56 Å². The van der Waals surface area contributed by atoms with Crippen molar-refractivity contribution in [1.82, 2.24) is 0 Å². The van der Waals surface area contributed by atoms with Crippen LogP contribution in [0.4, 0.5) is 0 Å². The lowest BCUT2D eigenvalue weighted by Crippen LogP contribution is -2.37. The average molecular weight is 302 g/mol. The Balaban J connectivity index is 2.13. The lowest BCUT2D eigenvalue weighted by Gasteiger charge is -2.32. The van der Waals surface area contributed by atoms with Gasteiger partial charge in [0.15, 0.2) is 0 Å². The van der Waals surface area contributed by atoms with E-state index in [-0.39, 0.29) is 14.8 Å². The lowest BCUT2D eigenvalue weighted by atomic mass is 9.84. The monoisotopic (exact) mass is 302 g/mol. The molecule has 0 aliphatic carbocycles. The first-order chi connectivity index (χ1) is 10.8. The third-order valence-electron chi connectivity index (χ3n) is 4.04. The fraction of sp³-hybridized carbons (Fsp3) is 0.100. The van der Waals surface area contributed by atoms with Gasteiger partial charge in [-0.3, -0.25) is 0 Å². The Bertz CT molecular complexity index is 656. The van der Waals surface area contributed by atoms with Gasteiger partial charge < -0.3 is 4.80 Å². The van der Waals surface area contributed by atoms with E-state index >= 15 is 0 Å². The molecule has 108 valence electrons. The van der Waals surface area contributed by atoms with Crippen molar-refractivity contribution in [3.63, 3.8) is 0 Å². The van der Waals surface area contributed by atoms with Gasteiger partial charge in [0, 0.05) is 5.04 Å². The molecule has 0 aromatic heterocycles. The van der Waals surface area contributed by atoms with Crippen LogP contribution in [-0.2, 0) is 11.5 Å². The Morgan fingerprint density at radius 2 is 1.05 bits per heavy atom. The second-order valence-electron chi connectivity index (χ2n) is 5.41. The van der Waals surface area contributed by atoms with E-state index in [9.17, 15) is 4.80 Å². The van der Waals surface area contributed by atoms with Gasteiger partial charge in [-0.2, -0.15) is 0 Å². The smallest absolute Gasteiger partial charge is 0.241 e. The van der Waals surface area contributed by atoms with Crippen molar-refractivity contribution < 1.29 is 4.80 Å². The van der Waals surface area contributed by atoms with Gasteiger partial charge in [0.1, 0.15) is 0 Å². The summed E-state index contributed by atoms with van der Waals surface area (Å²) in [6.07, 6.45) is 0.789. The molecule has 0 saturated heterocycles. The molecule has 0 unspecified atom stereocenters. The molecule has 0 aliphatic rings. The summed E-state index contributed by atoms with van der Waals surface area (Å²) in [5.41, 5.74) is 3.55. The molecule has 0 fully saturated rings. The van der Waals surface area contributed by atoms with Gasteiger partial charge in [-0.05, 0) is 23.1 Å². The van der Waals surface area contributed by atoms with Gasteiger partial charge in [-0.15, -0.1) is 0 Å². The quantitative estimate of drug-likeness (QED) is 0.711. The second kappa shape index (κ2) is 6.73. The lowest BCUT2D eigenvalue weighted by molar-refractivity contribution is 0.537. The average Bonchev–Trinajstić information content (AvgIpc) is 2.62. The highest BCUT2D eigenvalue weighted by Gasteiger charge is 2.35. The minimum atomic E-state index is -0.385. The van der Waals surface area contributed by atoms with Gasteiger partial charge in [-0.1, -0.05) is 91.0 Å². The van der Waals surface area contributed by atoms with Crippen molar-refractivity contribution in [2.75, 3.05) is 0 Å². The summed E-state index contributed by atoms with van der Waals surface area (Å²) in [7, 11) is -0.200. The molecular weight excluding hydrogens is 284 g/mol. The standard InChI is InChI=1S/C20H18OSi/c21-22-20(18-12-6-2-7-13-18,19-14-8-3-9-15-19)16-17-10-4-1-5-11-17/h1-15,21H,16H2. The zero-order valence-corrected chi connectivity index (χ0v) is 13.3. The third-order valence-corrected chi connectivity index (χ3v) is 5.17. The Morgan fingerprint density at radius 1 is 0.636 bits per heavy atom. The molecule has 0 atom stereocenters. The van der Waals surface area contributed by atoms with Crippen molar-refractivity contribution in [2.24, 2.45) is 0 Å². The first-order valence-electron chi connectivity index (χ1n) is 7.41. The highest BCUT2D eigenvalue weighted by atomic mass is 28.2. The molecule has 0 aliphatic heterocycles. The third kappa shape index (κ3) is 2.89. The van der Waals surface area contributed by atoms with E-state index in [1.807, 2.05) is 42.5 Å². The molecule has 3 rings (SSSR count). The van der Waals surface area contributed by atoms with Gasteiger partial charge >= 0.3 is 0 Å². The fourth-order valence-corrected chi connectivity index (χ4v) is 3.76. The van der Waals surface area contributed by atoms with Crippen LogP contribution in [0.15, 0.2) is 91.0 Å². The maximum atomic E-state index is 10.4. The largest absolute Gasteiger partial charge is 0.431 e. The minimum Gasteiger partial charge on any atom is -0.431 e. The van der Waals surface area contributed by atoms with Gasteiger partial charge in [0.2, 0.25) is 9.76 Å². The van der Waals surface area contributed by atoms with Crippen LogP contribution in [0.1, 0.15) is 16.7 Å². The Morgan fingerprint density at radius 3 is 1.45 bits per heavy atom. The first kappa shape index (κ1) is 14.8. The van der Waals surface area contributed by atoms with E-state index in [0.717, 1.165) is 17.5 Å². The summed E-state index contributed by atoms with van der Waals surface area (Å²) < 4.78 is 0. The molecule has 0 heterocycles. The second-order valence-corrected chi connectivity index (χ2v) is 6.49. The van der Waals surface area contributed by atoms with E-state index in [4.69, 9.17) is 0 Å². The van der Waals surface area contributed by atoms with Crippen LogP contribution < -0.4 is 0 Å². The van der Waals surface area contributed by atoms with Crippen LogP contribution in [0.5, 0.6) is 0 Å². The first-order valence-corrected chi connectivity index (χ1v) is 8.36. The molecule has 1 N–H and O–H groups in total. The van der Waals surface area contributed by atoms with Crippen molar-refractivity contribution in [3.05, 3.63) is 108 Å². The Labute approximate surface area is 134 Å². The minimum absolute atomic E-state index is 0.200. The number of benzene rings is 3. The van der Waals surface area contributed by atoms with Crippen molar-refractivity contribution in [3.8, 4) is 0 Å². The van der Waals surface area contributed by atoms with E-state index in [0.29, 0.717) is 0 Å². The molecule has 0 amide bonds. The molecule has 0 saturated carbocycles. The van der Waals surface area contributed by atoms with Crippen LogP contribution in [0.2, 0.25) is 0 Å². The summed E-state index contributed by atoms with van der Waals surface area (Å²) in [4.78, 5) is 10.4. The normalized spacial score (nSPS) is 11.3. The highest BCUT2D eigenvalue weighted by molar-refractivity contribution is 6.32. The summed E-state index contributed by atoms with van der Waals surface area (Å²) in [5, 5.41) is -0.385. The molecule has 3 aromatic rings. The maximum Gasteiger partial charge on any atom is 0.241 e. The Hall–Kier alpha value is -2.16. The molecule has 0 bridgehead atoms. The van der Waals surface area contributed by atoms with Crippen LogP contribution >= 0.6 is 0 Å². The highest BCUT2D eigenvalue weighted by Crippen LogP contribution is 2.34. The van der Waals surface area contributed by atoms with Gasteiger partial charge in [0.25, 0.3) is 0 Å². The molecule has 3 aromatic carbocycles. The Kier molecular flexibility index (Phi) is 4.52. The zero-order chi connectivity index (χ0) is 15.3. The van der Waals surface area contributed by atoms with Crippen LogP contribution in [0, 0.1) is 0 Å². The predicted molar refractivity (Wildman–Crippen MR) is 91.8 cm³/mol. The number of rotatable bonds is 5. The molecule has 1 nitrogen and oxygen atoms in total. The maximum absolute atomic E-state index is 10.4. The van der Waals surface area contributed by atoms with Crippen LogP contribution in [-0.4, -0.2) is 14.6 Å². The molecule has 0 spiro atoms. The van der Waals surface area contributed by atoms with Gasteiger partial charge in [0.05, 0.1) is 0 Å². The van der Waals surface area contributed by atoms with Crippen molar-refractivity contribution in [1.29, 1.82) is 0 Å². The number of hydrogen-bond donors (Lipinski definition) is 1. The summed E-state index contributed by atoms with van der Waals surface area (Å²) in [6, 6.07) is 31.0. The molecule has 2 radical (unpaired) electrons. The number of hydrogen-bond acceptors (Lipinski definition) is 1. The van der Waals surface area contributed by atoms with Crippen LogP contribution in [0.3, 0.4) is 0 Å². The van der Waals surface area contributed by atoms with E-state index in [1.54, 1.807) is 0 Å². The predicted octanol–water partition coefficient (Wildman–Crippen LogP) is 3.78. The molecule has 22 heavy (non-hydrogen) atoms. The topological polar surface area (TPSA) is 20.2 Å². The molecular formula is C20H18OSi. The van der Waals surface area contributed by atoms with Crippen molar-refractivity contribution >= 4 is 9.76 Å². The summed E-state index contributed by atoms with van der Waals surface area (Å²) in [5.74, 6) is 0. The van der Waals surface area contributed by atoms with E-state index in [2.05, 4.69) is 48.5 Å². The van der Waals surface area contributed by atoms with E-state index < -0.39 is 0 Å². The van der Waals surface area contributed by atoms with Gasteiger partial charge in [-0.25, -0.2) is 0 Å². The zero-order valence-electron chi connectivity index (χ0n) is 12.3. The summed E-state index contributed by atoms with van der Waals surface area (Å²) in [6.45, 7) is 0. The van der Waals surface area contributed by atoms with Crippen molar-refractivity contribution in [2.45, 2.75) is 11.5 Å².